The zero-order chi connectivity index (χ0) is 46.9. The number of hydrogen-bond donors (Lipinski definition) is 2. The summed E-state index contributed by atoms with van der Waals surface area (Å²) in [6, 6.07) is 84.5. The van der Waals surface area contributed by atoms with E-state index in [9.17, 15) is 0 Å². The zero-order valence-electron chi connectivity index (χ0n) is 38.3. The summed E-state index contributed by atoms with van der Waals surface area (Å²) in [7, 11) is 0. The molecule has 10 aromatic carbocycles. The second-order valence-corrected chi connectivity index (χ2v) is 16.8. The average Bonchev–Trinajstić information content (AvgIpc) is 3.42. The molecule has 0 spiro atoms. The zero-order valence-corrected chi connectivity index (χ0v) is 38.3. The van der Waals surface area contributed by atoms with E-state index in [2.05, 4.69) is 205 Å². The molecule has 10 rings (SSSR count). The Morgan fingerprint density at radius 2 is 0.768 bits per heavy atom. The molecule has 0 aliphatic rings. The minimum Gasteiger partial charge on any atom is -0.421 e. The quantitative estimate of drug-likeness (QED) is 0.0729. The summed E-state index contributed by atoms with van der Waals surface area (Å²) in [5.74, 6) is -0.124. The lowest BCUT2D eigenvalue weighted by molar-refractivity contribution is 0.538. The molecule has 0 aliphatic heterocycles. The summed E-state index contributed by atoms with van der Waals surface area (Å²) in [4.78, 5) is 2.33. The van der Waals surface area contributed by atoms with Gasteiger partial charge in [-0.3, -0.25) is 10.8 Å². The first-order valence-corrected chi connectivity index (χ1v) is 23.2. The van der Waals surface area contributed by atoms with Crippen LogP contribution in [0.15, 0.2) is 261 Å². The van der Waals surface area contributed by atoms with Crippen molar-refractivity contribution in [1.82, 2.24) is 0 Å². The van der Waals surface area contributed by atoms with Crippen molar-refractivity contribution in [3.05, 3.63) is 278 Å². The first kappa shape index (κ1) is 43.8. The molecule has 69 heavy (non-hydrogen) atoms. The highest BCUT2D eigenvalue weighted by molar-refractivity contribution is 6.05. The Hall–Kier alpha value is -9.12. The molecule has 0 fully saturated rings. The maximum atomic E-state index is 8.58. The number of benzene rings is 10. The number of anilines is 3. The second kappa shape index (κ2) is 20.2. The van der Waals surface area contributed by atoms with Crippen LogP contribution in [-0.2, 0) is 4.74 Å². The first-order chi connectivity index (χ1) is 34.0. The Morgan fingerprint density at radius 3 is 1.30 bits per heavy atom. The summed E-state index contributed by atoms with van der Waals surface area (Å²) in [5.41, 5.74) is 16.8. The Bertz CT molecular complexity index is 3460. The molecule has 0 unspecified atom stereocenters. The Kier molecular flexibility index (Phi) is 12.8. The highest BCUT2D eigenvalue weighted by Crippen LogP contribution is 2.41. The molecule has 0 amide bonds. The molecule has 0 bridgehead atoms. The van der Waals surface area contributed by atoms with Crippen molar-refractivity contribution in [1.29, 1.82) is 10.8 Å². The predicted octanol–water partition coefficient (Wildman–Crippen LogP) is 17.6. The summed E-state index contributed by atoms with van der Waals surface area (Å²) >= 11 is 0. The third-order valence-corrected chi connectivity index (χ3v) is 12.4. The number of rotatable bonds is 12. The van der Waals surface area contributed by atoms with Crippen molar-refractivity contribution >= 4 is 45.7 Å². The van der Waals surface area contributed by atoms with Gasteiger partial charge in [-0.2, -0.15) is 0 Å². The second-order valence-electron chi connectivity index (χ2n) is 16.8. The molecule has 0 aliphatic carbocycles. The first-order valence-electron chi connectivity index (χ1n) is 23.2. The summed E-state index contributed by atoms with van der Waals surface area (Å²) in [5, 5.41) is 19.4. The van der Waals surface area contributed by atoms with Gasteiger partial charge in [0.1, 0.15) is 0 Å². The van der Waals surface area contributed by atoms with Crippen LogP contribution in [0.25, 0.3) is 72.5 Å². The highest BCUT2D eigenvalue weighted by atomic mass is 16.5. The number of ether oxygens (including phenoxy) is 1. The van der Waals surface area contributed by atoms with E-state index in [1.54, 1.807) is 12.1 Å². The number of fused-ring (bicyclic) bond motifs is 1. The molecule has 4 nitrogen and oxygen atoms in total. The maximum absolute atomic E-state index is 8.58. The summed E-state index contributed by atoms with van der Waals surface area (Å²) in [6.07, 6.45) is 8.25. The van der Waals surface area contributed by atoms with E-state index in [0.29, 0.717) is 11.1 Å². The van der Waals surface area contributed by atoms with Crippen LogP contribution in [0.2, 0.25) is 0 Å². The van der Waals surface area contributed by atoms with Gasteiger partial charge >= 0.3 is 0 Å². The largest absolute Gasteiger partial charge is 0.421 e. The minimum absolute atomic E-state index is 0.0560. The van der Waals surface area contributed by atoms with Crippen molar-refractivity contribution in [2.45, 2.75) is 6.92 Å². The fourth-order valence-electron chi connectivity index (χ4n) is 8.83. The van der Waals surface area contributed by atoms with Gasteiger partial charge in [-0.1, -0.05) is 200 Å². The van der Waals surface area contributed by atoms with Crippen LogP contribution in [0.3, 0.4) is 0 Å². The van der Waals surface area contributed by atoms with Gasteiger partial charge in [0.2, 0.25) is 11.8 Å². The lowest BCUT2D eigenvalue weighted by Gasteiger charge is -2.26. The third-order valence-electron chi connectivity index (χ3n) is 12.4. The summed E-state index contributed by atoms with van der Waals surface area (Å²) < 4.78 is 5.63. The van der Waals surface area contributed by atoms with Gasteiger partial charge in [-0.25, -0.2) is 0 Å². The van der Waals surface area contributed by atoms with Crippen molar-refractivity contribution in [2.75, 3.05) is 4.90 Å². The van der Waals surface area contributed by atoms with Gasteiger partial charge in [0.25, 0.3) is 0 Å². The molecule has 330 valence electrons. The van der Waals surface area contributed by atoms with Gasteiger partial charge in [-0.05, 0) is 146 Å². The van der Waals surface area contributed by atoms with E-state index >= 15 is 0 Å². The Balaban J connectivity index is 0.954. The molecule has 0 heterocycles. The molecule has 0 aromatic heterocycles. The normalized spacial score (nSPS) is 11.3. The smallest absolute Gasteiger partial charge is 0.221 e. The molecular formula is C65H49N3O. The van der Waals surface area contributed by atoms with Gasteiger partial charge < -0.3 is 9.64 Å². The number of nitrogens with zero attached hydrogens (tertiary/aromatic N) is 1. The topological polar surface area (TPSA) is 60.2 Å². The van der Waals surface area contributed by atoms with Crippen LogP contribution in [0, 0.1) is 10.8 Å². The Labute approximate surface area is 404 Å². The predicted molar refractivity (Wildman–Crippen MR) is 291 cm³/mol. The monoisotopic (exact) mass is 887 g/mol. The van der Waals surface area contributed by atoms with E-state index in [1.165, 1.54) is 33.0 Å². The van der Waals surface area contributed by atoms with Crippen LogP contribution >= 0.6 is 0 Å². The molecule has 4 heteroatoms. The van der Waals surface area contributed by atoms with Crippen LogP contribution in [0.4, 0.5) is 17.1 Å². The van der Waals surface area contributed by atoms with Gasteiger partial charge in [-0.15, -0.1) is 0 Å². The lowest BCUT2D eigenvalue weighted by Crippen LogP contribution is -2.12. The molecule has 2 N–H and O–H groups in total. The minimum atomic E-state index is -0.0684. The molecule has 10 aromatic rings. The van der Waals surface area contributed by atoms with Crippen molar-refractivity contribution < 1.29 is 4.74 Å². The third kappa shape index (κ3) is 9.74. The molecular weight excluding hydrogens is 839 g/mol. The van der Waals surface area contributed by atoms with Crippen molar-refractivity contribution in [3.8, 4) is 55.6 Å². The number of nitrogens with one attached hydrogen (secondary N) is 2. The lowest BCUT2D eigenvalue weighted by atomic mass is 9.89. The summed E-state index contributed by atoms with van der Waals surface area (Å²) in [6.45, 7) is 2.02. The van der Waals surface area contributed by atoms with Crippen molar-refractivity contribution in [2.24, 2.45) is 0 Å². The van der Waals surface area contributed by atoms with Crippen molar-refractivity contribution in [3.63, 3.8) is 0 Å². The Morgan fingerprint density at radius 1 is 0.362 bits per heavy atom. The van der Waals surface area contributed by atoms with E-state index < -0.39 is 0 Å². The fraction of sp³-hybridized carbons (Fsp3) is 0.0154. The van der Waals surface area contributed by atoms with Crippen LogP contribution < -0.4 is 4.90 Å². The van der Waals surface area contributed by atoms with E-state index in [4.69, 9.17) is 15.6 Å². The van der Waals surface area contributed by atoms with Crippen LogP contribution in [0.1, 0.15) is 23.6 Å². The molecule has 0 saturated heterocycles. The SMILES string of the molecule is C/C=C\C=C/c1ccc(-c2ccc(N(c3ccc(-c4ccc5ccccc5c4)cc3)c3ccc(-c4ccccc4-c4ccccc4-c4ccc(C(=N)OC(=N)c5ccccc5)cc4)cc3)cc2)cc1. The number of hydrogen-bond acceptors (Lipinski definition) is 4. The molecule has 0 radical (unpaired) electrons. The van der Waals surface area contributed by atoms with Gasteiger partial charge in [0, 0.05) is 28.2 Å². The average molecular weight is 888 g/mol. The van der Waals surface area contributed by atoms with E-state index in [0.717, 1.165) is 56.0 Å². The standard InChI is InChI=1S/C65H49N3O/c1-2-3-5-14-46-23-25-48(26-24-46)49-33-39-57(40-34-49)68(58-41-35-50(36-42-58)56-32-27-47-15-8-9-18-55(47)45-56)59-43-37-52(38-44-59)61-20-11-13-22-63(61)62-21-12-10-19-60(62)51-28-30-54(31-29-51)65(67)69-64(66)53-16-6-4-7-17-53/h2-45,66-67H,1H3/b3-2-,14-5-,66-64?,67-65?. The van der Waals surface area contributed by atoms with Gasteiger partial charge in [0.15, 0.2) is 0 Å². The molecule has 0 saturated carbocycles. The van der Waals surface area contributed by atoms with Crippen LogP contribution in [-0.4, -0.2) is 11.8 Å². The molecule has 0 atom stereocenters. The highest BCUT2D eigenvalue weighted by Gasteiger charge is 2.17. The van der Waals surface area contributed by atoms with E-state index in [-0.39, 0.29) is 11.8 Å². The van der Waals surface area contributed by atoms with Gasteiger partial charge in [0.05, 0.1) is 0 Å². The maximum Gasteiger partial charge on any atom is 0.221 e. The van der Waals surface area contributed by atoms with Crippen LogP contribution in [0.5, 0.6) is 0 Å². The number of allylic oxidation sites excluding steroid dienone is 3. The van der Waals surface area contributed by atoms with E-state index in [1.807, 2.05) is 61.5 Å². The fourth-order valence-corrected chi connectivity index (χ4v) is 8.83.